The SMILES string of the molecule is CN1CCN(C(COCc2ccc(F)cc2)c2cccc3ccccc23)CC1. The van der Waals surface area contributed by atoms with Crippen LogP contribution in [0.5, 0.6) is 0 Å². The van der Waals surface area contributed by atoms with Gasteiger partial charge in [-0.25, -0.2) is 4.39 Å². The maximum atomic E-state index is 13.1. The highest BCUT2D eigenvalue weighted by Crippen LogP contribution is 2.29. The molecule has 1 saturated heterocycles. The van der Waals surface area contributed by atoms with Gasteiger partial charge in [-0.1, -0.05) is 54.6 Å². The molecule has 3 nitrogen and oxygen atoms in total. The predicted octanol–water partition coefficient (Wildman–Crippen LogP) is 4.48. The van der Waals surface area contributed by atoms with E-state index in [2.05, 4.69) is 59.3 Å². The number of piperazine rings is 1. The molecule has 0 saturated carbocycles. The van der Waals surface area contributed by atoms with E-state index >= 15 is 0 Å². The van der Waals surface area contributed by atoms with Crippen LogP contribution < -0.4 is 0 Å². The summed E-state index contributed by atoms with van der Waals surface area (Å²) in [5.41, 5.74) is 2.32. The first-order chi connectivity index (χ1) is 13.7. The molecule has 0 amide bonds. The van der Waals surface area contributed by atoms with Crippen LogP contribution in [-0.2, 0) is 11.3 Å². The molecule has 1 atom stereocenters. The summed E-state index contributed by atoms with van der Waals surface area (Å²) in [4.78, 5) is 4.91. The second kappa shape index (κ2) is 8.82. The van der Waals surface area contributed by atoms with Gasteiger partial charge in [0.1, 0.15) is 5.82 Å². The lowest BCUT2D eigenvalue weighted by Crippen LogP contribution is -2.47. The number of fused-ring (bicyclic) bond motifs is 1. The van der Waals surface area contributed by atoms with Crippen LogP contribution >= 0.6 is 0 Å². The molecule has 0 radical (unpaired) electrons. The zero-order valence-corrected chi connectivity index (χ0v) is 16.4. The molecule has 1 fully saturated rings. The van der Waals surface area contributed by atoms with E-state index in [1.54, 1.807) is 12.1 Å². The Morgan fingerprint density at radius 3 is 2.39 bits per heavy atom. The van der Waals surface area contributed by atoms with E-state index < -0.39 is 0 Å². The van der Waals surface area contributed by atoms with Crippen LogP contribution in [0.4, 0.5) is 4.39 Å². The first-order valence-electron chi connectivity index (χ1n) is 9.93. The lowest BCUT2D eigenvalue weighted by molar-refractivity contribution is 0.0295. The van der Waals surface area contributed by atoms with Crippen LogP contribution in [0, 0.1) is 5.82 Å². The van der Waals surface area contributed by atoms with Crippen LogP contribution in [0.1, 0.15) is 17.2 Å². The van der Waals surface area contributed by atoms with Crippen LogP contribution in [0.3, 0.4) is 0 Å². The molecule has 0 spiro atoms. The van der Waals surface area contributed by atoms with Crippen molar-refractivity contribution in [1.29, 1.82) is 0 Å². The van der Waals surface area contributed by atoms with Crippen molar-refractivity contribution in [2.75, 3.05) is 39.8 Å². The molecule has 3 aromatic carbocycles. The molecule has 1 heterocycles. The minimum atomic E-state index is -0.213. The number of ether oxygens (including phenoxy) is 1. The van der Waals surface area contributed by atoms with E-state index in [-0.39, 0.29) is 11.9 Å². The lowest BCUT2D eigenvalue weighted by atomic mass is 9.97. The summed E-state index contributed by atoms with van der Waals surface area (Å²) < 4.78 is 19.3. The lowest BCUT2D eigenvalue weighted by Gasteiger charge is -2.38. The second-order valence-electron chi connectivity index (χ2n) is 7.57. The third-order valence-corrected chi connectivity index (χ3v) is 5.62. The molecule has 28 heavy (non-hydrogen) atoms. The average Bonchev–Trinajstić information content (AvgIpc) is 2.73. The number of halogens is 1. The zero-order valence-electron chi connectivity index (χ0n) is 16.4. The van der Waals surface area contributed by atoms with E-state index in [0.717, 1.165) is 31.7 Å². The fourth-order valence-corrected chi connectivity index (χ4v) is 3.94. The molecule has 0 bridgehead atoms. The number of nitrogens with zero attached hydrogens (tertiary/aromatic N) is 2. The highest BCUT2D eigenvalue weighted by Gasteiger charge is 2.25. The molecule has 3 aromatic rings. The van der Waals surface area contributed by atoms with Crippen molar-refractivity contribution in [1.82, 2.24) is 9.80 Å². The van der Waals surface area contributed by atoms with Crippen molar-refractivity contribution in [3.05, 3.63) is 83.7 Å². The summed E-state index contributed by atoms with van der Waals surface area (Å²) in [5.74, 6) is -0.213. The highest BCUT2D eigenvalue weighted by molar-refractivity contribution is 5.86. The van der Waals surface area contributed by atoms with Crippen LogP contribution in [0.25, 0.3) is 10.8 Å². The number of benzene rings is 3. The zero-order chi connectivity index (χ0) is 19.3. The standard InChI is InChI=1S/C24H27FN2O/c1-26-13-15-27(16-14-26)24(18-28-17-19-9-11-21(25)12-10-19)23-8-4-6-20-5-2-3-7-22(20)23/h2-12,24H,13-18H2,1H3. The van der Waals surface area contributed by atoms with E-state index in [9.17, 15) is 4.39 Å². The summed E-state index contributed by atoms with van der Waals surface area (Å²) in [7, 11) is 2.18. The molecule has 0 N–H and O–H groups in total. The van der Waals surface area contributed by atoms with Crippen molar-refractivity contribution in [3.63, 3.8) is 0 Å². The molecule has 4 heteroatoms. The molecule has 1 unspecified atom stereocenters. The van der Waals surface area contributed by atoms with Gasteiger partial charge < -0.3 is 9.64 Å². The summed E-state index contributed by atoms with van der Waals surface area (Å²) >= 11 is 0. The number of likely N-dealkylation sites (N-methyl/N-ethyl adjacent to an activating group) is 1. The molecule has 1 aliphatic heterocycles. The fraction of sp³-hybridized carbons (Fsp3) is 0.333. The topological polar surface area (TPSA) is 15.7 Å². The first-order valence-corrected chi connectivity index (χ1v) is 9.93. The second-order valence-corrected chi connectivity index (χ2v) is 7.57. The van der Waals surface area contributed by atoms with Gasteiger partial charge in [-0.3, -0.25) is 4.90 Å². The normalized spacial score (nSPS) is 17.1. The molecule has 4 rings (SSSR count). The smallest absolute Gasteiger partial charge is 0.123 e. The summed E-state index contributed by atoms with van der Waals surface area (Å²) in [6.45, 7) is 5.32. The van der Waals surface area contributed by atoms with E-state index in [0.29, 0.717) is 13.2 Å². The highest BCUT2D eigenvalue weighted by atomic mass is 19.1. The van der Waals surface area contributed by atoms with E-state index in [1.807, 2.05) is 0 Å². The Kier molecular flexibility index (Phi) is 6.01. The average molecular weight is 378 g/mol. The minimum Gasteiger partial charge on any atom is -0.375 e. The van der Waals surface area contributed by atoms with Crippen LogP contribution in [-0.4, -0.2) is 49.6 Å². The van der Waals surface area contributed by atoms with Crippen molar-refractivity contribution in [2.24, 2.45) is 0 Å². The maximum Gasteiger partial charge on any atom is 0.123 e. The van der Waals surface area contributed by atoms with Gasteiger partial charge >= 0.3 is 0 Å². The van der Waals surface area contributed by atoms with Gasteiger partial charge in [0, 0.05) is 26.2 Å². The third-order valence-electron chi connectivity index (χ3n) is 5.62. The Bertz CT molecular complexity index is 899. The maximum absolute atomic E-state index is 13.1. The number of hydrogen-bond donors (Lipinski definition) is 0. The Hall–Kier alpha value is -2.27. The van der Waals surface area contributed by atoms with Gasteiger partial charge in [0.2, 0.25) is 0 Å². The van der Waals surface area contributed by atoms with Gasteiger partial charge in [0.05, 0.1) is 19.3 Å². The van der Waals surface area contributed by atoms with Crippen molar-refractivity contribution < 1.29 is 9.13 Å². The van der Waals surface area contributed by atoms with Gasteiger partial charge in [0.25, 0.3) is 0 Å². The molecule has 146 valence electrons. The third kappa shape index (κ3) is 4.41. The van der Waals surface area contributed by atoms with Crippen LogP contribution in [0.15, 0.2) is 66.7 Å². The largest absolute Gasteiger partial charge is 0.375 e. The summed E-state index contributed by atoms with van der Waals surface area (Å²) in [6, 6.07) is 21.9. The fourth-order valence-electron chi connectivity index (χ4n) is 3.94. The van der Waals surface area contributed by atoms with Gasteiger partial charge in [-0.2, -0.15) is 0 Å². The summed E-state index contributed by atoms with van der Waals surface area (Å²) in [5, 5.41) is 2.55. The summed E-state index contributed by atoms with van der Waals surface area (Å²) in [6.07, 6.45) is 0. The molecule has 0 aromatic heterocycles. The van der Waals surface area contributed by atoms with Crippen molar-refractivity contribution in [2.45, 2.75) is 12.6 Å². The van der Waals surface area contributed by atoms with Crippen molar-refractivity contribution in [3.8, 4) is 0 Å². The van der Waals surface area contributed by atoms with Crippen LogP contribution in [0.2, 0.25) is 0 Å². The molecular formula is C24H27FN2O. The Morgan fingerprint density at radius 2 is 1.61 bits per heavy atom. The van der Waals surface area contributed by atoms with Gasteiger partial charge in [0.15, 0.2) is 0 Å². The molecule has 1 aliphatic rings. The van der Waals surface area contributed by atoms with Gasteiger partial charge in [-0.05, 0) is 41.1 Å². The van der Waals surface area contributed by atoms with Gasteiger partial charge in [-0.15, -0.1) is 0 Å². The first kappa shape index (κ1) is 19.1. The van der Waals surface area contributed by atoms with E-state index in [1.165, 1.54) is 28.5 Å². The predicted molar refractivity (Wildman–Crippen MR) is 112 cm³/mol. The van der Waals surface area contributed by atoms with Crippen molar-refractivity contribution >= 4 is 10.8 Å². The Labute approximate surface area is 166 Å². The number of hydrogen-bond acceptors (Lipinski definition) is 3. The molecule has 0 aliphatic carbocycles. The Balaban J connectivity index is 1.55. The Morgan fingerprint density at radius 1 is 0.893 bits per heavy atom. The quantitative estimate of drug-likeness (QED) is 0.629. The van der Waals surface area contributed by atoms with E-state index in [4.69, 9.17) is 4.74 Å². The monoisotopic (exact) mass is 378 g/mol. The number of rotatable bonds is 6. The minimum absolute atomic E-state index is 0.209. The molecular weight excluding hydrogens is 351 g/mol.